The predicted octanol–water partition coefficient (Wildman–Crippen LogP) is 3.38. The van der Waals surface area contributed by atoms with E-state index in [1.165, 1.54) is 6.42 Å². The van der Waals surface area contributed by atoms with Crippen molar-refractivity contribution in [2.24, 2.45) is 5.41 Å². The fraction of sp³-hybridized carbons (Fsp3) is 0.632. The van der Waals surface area contributed by atoms with Crippen LogP contribution in [0.2, 0.25) is 0 Å². The number of carbonyl (C=O) groups excluding carboxylic acids is 1. The molecule has 1 amide bonds. The molecular formula is C19H29Cl2N5O. The number of piperidine rings is 1. The summed E-state index contributed by atoms with van der Waals surface area (Å²) in [4.78, 5) is 19.7. The number of aromatic nitrogens is 3. The fourth-order valence-electron chi connectivity index (χ4n) is 4.24. The van der Waals surface area contributed by atoms with E-state index in [0.717, 1.165) is 61.3 Å². The molecule has 150 valence electrons. The fourth-order valence-corrected chi connectivity index (χ4v) is 4.24. The first kappa shape index (κ1) is 21.9. The minimum Gasteiger partial charge on any atom is -0.339 e. The molecule has 2 fully saturated rings. The van der Waals surface area contributed by atoms with E-state index in [1.807, 2.05) is 28.8 Å². The smallest absolute Gasteiger partial charge is 0.255 e. The maximum absolute atomic E-state index is 13.1. The minimum absolute atomic E-state index is 0. The van der Waals surface area contributed by atoms with Crippen molar-refractivity contribution in [2.75, 3.05) is 26.2 Å². The van der Waals surface area contributed by atoms with E-state index >= 15 is 0 Å². The summed E-state index contributed by atoms with van der Waals surface area (Å²) in [7, 11) is 0. The van der Waals surface area contributed by atoms with Crippen LogP contribution in [0.3, 0.4) is 0 Å². The lowest BCUT2D eigenvalue weighted by atomic mass is 9.78. The number of hydrogen-bond donors (Lipinski definition) is 1. The van der Waals surface area contributed by atoms with Crippen LogP contribution in [0.25, 0.3) is 11.0 Å². The molecule has 0 aliphatic carbocycles. The predicted molar refractivity (Wildman–Crippen MR) is 112 cm³/mol. The maximum Gasteiger partial charge on any atom is 0.255 e. The van der Waals surface area contributed by atoms with Crippen LogP contribution in [-0.2, 0) is 0 Å². The van der Waals surface area contributed by atoms with Crippen LogP contribution in [-0.4, -0.2) is 51.8 Å². The number of pyridine rings is 1. The van der Waals surface area contributed by atoms with Gasteiger partial charge in [0, 0.05) is 31.1 Å². The third kappa shape index (κ3) is 3.93. The van der Waals surface area contributed by atoms with Crippen LogP contribution in [0.5, 0.6) is 0 Å². The summed E-state index contributed by atoms with van der Waals surface area (Å²) >= 11 is 0. The second-order valence-electron chi connectivity index (χ2n) is 7.94. The van der Waals surface area contributed by atoms with E-state index in [9.17, 15) is 4.79 Å². The van der Waals surface area contributed by atoms with Crippen molar-refractivity contribution in [3.63, 3.8) is 0 Å². The summed E-state index contributed by atoms with van der Waals surface area (Å²) in [6.45, 7) is 10.0. The molecule has 8 heteroatoms. The molecular weight excluding hydrogens is 385 g/mol. The highest BCUT2D eigenvalue weighted by molar-refractivity contribution is 5.98. The maximum atomic E-state index is 13.1. The van der Waals surface area contributed by atoms with Gasteiger partial charge in [-0.25, -0.2) is 9.67 Å². The van der Waals surface area contributed by atoms with E-state index in [-0.39, 0.29) is 36.8 Å². The Hall–Kier alpha value is -1.37. The lowest BCUT2D eigenvalue weighted by molar-refractivity contribution is 0.0606. The Labute approximate surface area is 172 Å². The van der Waals surface area contributed by atoms with Crippen LogP contribution in [0.4, 0.5) is 0 Å². The summed E-state index contributed by atoms with van der Waals surface area (Å²) in [6.07, 6.45) is 5.27. The van der Waals surface area contributed by atoms with Gasteiger partial charge in [-0.05, 0) is 58.1 Å². The van der Waals surface area contributed by atoms with Crippen molar-refractivity contribution >= 4 is 41.8 Å². The van der Waals surface area contributed by atoms with Gasteiger partial charge in [-0.1, -0.05) is 0 Å². The Morgan fingerprint density at radius 2 is 1.93 bits per heavy atom. The molecule has 0 saturated carbocycles. The molecule has 0 atom stereocenters. The molecule has 4 heterocycles. The van der Waals surface area contributed by atoms with E-state index in [0.29, 0.717) is 5.41 Å². The number of halogens is 2. The number of carbonyl (C=O) groups is 1. The van der Waals surface area contributed by atoms with Gasteiger partial charge < -0.3 is 10.2 Å². The van der Waals surface area contributed by atoms with Crippen LogP contribution in [0, 0.1) is 12.3 Å². The van der Waals surface area contributed by atoms with Crippen LogP contribution in [0.15, 0.2) is 12.3 Å². The van der Waals surface area contributed by atoms with E-state index in [1.54, 1.807) is 0 Å². The second kappa shape index (κ2) is 8.33. The average molecular weight is 414 g/mol. The molecule has 2 saturated heterocycles. The summed E-state index contributed by atoms with van der Waals surface area (Å²) in [6, 6.07) is 2.22. The third-order valence-electron chi connectivity index (χ3n) is 5.92. The quantitative estimate of drug-likeness (QED) is 0.819. The number of nitrogens with one attached hydrogen (secondary N) is 1. The van der Waals surface area contributed by atoms with Crippen molar-refractivity contribution < 1.29 is 4.79 Å². The van der Waals surface area contributed by atoms with Crippen molar-refractivity contribution in [3.05, 3.63) is 23.5 Å². The molecule has 2 aliphatic rings. The van der Waals surface area contributed by atoms with Gasteiger partial charge in [0.25, 0.3) is 5.91 Å². The first-order valence-corrected chi connectivity index (χ1v) is 9.34. The average Bonchev–Trinajstić information content (AvgIpc) is 3.21. The van der Waals surface area contributed by atoms with Gasteiger partial charge in [-0.15, -0.1) is 24.8 Å². The number of hydrogen-bond acceptors (Lipinski definition) is 4. The van der Waals surface area contributed by atoms with Gasteiger partial charge in [0.1, 0.15) is 0 Å². The molecule has 2 aromatic heterocycles. The monoisotopic (exact) mass is 413 g/mol. The highest BCUT2D eigenvalue weighted by atomic mass is 35.5. The molecule has 2 aliphatic heterocycles. The molecule has 27 heavy (non-hydrogen) atoms. The highest BCUT2D eigenvalue weighted by Crippen LogP contribution is 2.37. The van der Waals surface area contributed by atoms with Crippen LogP contribution >= 0.6 is 24.8 Å². The summed E-state index contributed by atoms with van der Waals surface area (Å²) in [5.41, 5.74) is 2.80. The lowest BCUT2D eigenvalue weighted by Gasteiger charge is -2.39. The molecule has 1 N–H and O–H groups in total. The van der Waals surface area contributed by atoms with Crippen LogP contribution < -0.4 is 5.32 Å². The molecule has 2 aromatic rings. The van der Waals surface area contributed by atoms with E-state index in [4.69, 9.17) is 0 Å². The van der Waals surface area contributed by atoms with E-state index in [2.05, 4.69) is 29.2 Å². The lowest BCUT2D eigenvalue weighted by Crippen LogP contribution is -2.44. The Balaban J connectivity index is 0.00000131. The zero-order valence-corrected chi connectivity index (χ0v) is 17.8. The molecule has 6 nitrogen and oxygen atoms in total. The van der Waals surface area contributed by atoms with E-state index < -0.39 is 0 Å². The first-order valence-electron chi connectivity index (χ1n) is 9.34. The van der Waals surface area contributed by atoms with Crippen molar-refractivity contribution in [1.82, 2.24) is 25.0 Å². The molecule has 1 spiro atoms. The standard InChI is InChI=1S/C19H27N5O.2ClH/c1-13(2)24-17-15(11-21-24)10-16(14(3)22-17)18(25)23-8-5-19(6-9-23)4-7-20-12-19;;/h10-11,13,20H,4-9,12H2,1-3H3;2*1H. The molecule has 0 aromatic carbocycles. The van der Waals surface area contributed by atoms with Crippen LogP contribution in [0.1, 0.15) is 55.2 Å². The number of aryl methyl sites for hydroxylation is 1. The first-order chi connectivity index (χ1) is 12.0. The topological polar surface area (TPSA) is 63.1 Å². The van der Waals surface area contributed by atoms with Gasteiger partial charge in [-0.3, -0.25) is 4.79 Å². The SMILES string of the molecule is Cc1nc2c(cnn2C(C)C)cc1C(=O)N1CCC2(CCNC2)CC1.Cl.Cl. The Kier molecular flexibility index (Phi) is 6.77. The molecule has 0 bridgehead atoms. The second-order valence-corrected chi connectivity index (χ2v) is 7.94. The van der Waals surface area contributed by atoms with Crippen molar-refractivity contribution in [2.45, 2.75) is 46.1 Å². The van der Waals surface area contributed by atoms with Gasteiger partial charge in [0.05, 0.1) is 17.5 Å². The molecule has 4 rings (SSSR count). The normalized spacial score (nSPS) is 18.6. The zero-order chi connectivity index (χ0) is 17.6. The molecule has 0 radical (unpaired) electrons. The number of fused-ring (bicyclic) bond motifs is 1. The van der Waals surface area contributed by atoms with Gasteiger partial charge in [0.15, 0.2) is 5.65 Å². The van der Waals surface area contributed by atoms with Crippen molar-refractivity contribution in [3.8, 4) is 0 Å². The summed E-state index contributed by atoms with van der Waals surface area (Å²) in [5, 5.41) is 8.84. The number of likely N-dealkylation sites (tertiary alicyclic amines) is 1. The Morgan fingerprint density at radius 3 is 2.52 bits per heavy atom. The number of rotatable bonds is 2. The number of amides is 1. The molecule has 0 unspecified atom stereocenters. The third-order valence-corrected chi connectivity index (χ3v) is 5.92. The highest BCUT2D eigenvalue weighted by Gasteiger charge is 2.38. The minimum atomic E-state index is 0. The van der Waals surface area contributed by atoms with Crippen molar-refractivity contribution in [1.29, 1.82) is 0 Å². The van der Waals surface area contributed by atoms with Gasteiger partial charge in [0.2, 0.25) is 0 Å². The zero-order valence-electron chi connectivity index (χ0n) is 16.2. The van der Waals surface area contributed by atoms with Gasteiger partial charge >= 0.3 is 0 Å². The summed E-state index contributed by atoms with van der Waals surface area (Å²) < 4.78 is 1.91. The Bertz CT molecular complexity index is 804. The summed E-state index contributed by atoms with van der Waals surface area (Å²) in [5.74, 6) is 0.116. The Morgan fingerprint density at radius 1 is 1.22 bits per heavy atom. The number of nitrogens with zero attached hydrogens (tertiary/aromatic N) is 4. The van der Waals surface area contributed by atoms with Gasteiger partial charge in [-0.2, -0.15) is 5.10 Å². The largest absolute Gasteiger partial charge is 0.339 e.